The number of halogens is 1. The molecule has 3 aliphatic rings. The summed E-state index contributed by atoms with van der Waals surface area (Å²) in [5, 5.41) is 7.63. The molecule has 4 heteroatoms. The average molecular weight is 367 g/mol. The van der Waals surface area contributed by atoms with Crippen LogP contribution in [0.5, 0.6) is 0 Å². The fourth-order valence-electron chi connectivity index (χ4n) is 5.06. The van der Waals surface area contributed by atoms with Crippen molar-refractivity contribution in [3.05, 3.63) is 63.7 Å². The summed E-state index contributed by atoms with van der Waals surface area (Å²) < 4.78 is 0. The Morgan fingerprint density at radius 1 is 1.08 bits per heavy atom. The lowest BCUT2D eigenvalue weighted by Gasteiger charge is -2.29. The molecule has 2 aromatic carbocycles. The molecule has 2 aliphatic carbocycles. The molecule has 0 radical (unpaired) electrons. The maximum Gasteiger partial charge on any atom is 0.228 e. The van der Waals surface area contributed by atoms with Crippen LogP contribution in [0.3, 0.4) is 0 Å². The second-order valence-corrected chi connectivity index (χ2v) is 8.31. The van der Waals surface area contributed by atoms with Crippen molar-refractivity contribution < 1.29 is 4.79 Å². The molecule has 26 heavy (non-hydrogen) atoms. The van der Waals surface area contributed by atoms with Crippen molar-refractivity contribution in [1.82, 2.24) is 5.32 Å². The van der Waals surface area contributed by atoms with E-state index in [0.29, 0.717) is 12.0 Å². The zero-order valence-corrected chi connectivity index (χ0v) is 15.5. The standard InChI is InChI=1S/C22H23ClN2O/c23-15-4-1-3-13(9-15)12-24-20-8-7-14-10-19-16-5-2-6-17(16)22(26)25-21(19)11-18(14)20/h1,3-4,9-11,16-17,20,24H,2,5-8,12H2,(H,25,26). The monoisotopic (exact) mass is 366 g/mol. The predicted molar refractivity (Wildman–Crippen MR) is 105 cm³/mol. The number of hydrogen-bond donors (Lipinski definition) is 2. The minimum Gasteiger partial charge on any atom is -0.326 e. The van der Waals surface area contributed by atoms with Crippen LogP contribution < -0.4 is 10.6 Å². The molecule has 134 valence electrons. The number of fused-ring (bicyclic) bond motifs is 4. The number of carbonyl (C=O) groups excluding carboxylic acids is 1. The van der Waals surface area contributed by atoms with E-state index in [-0.39, 0.29) is 11.8 Å². The van der Waals surface area contributed by atoms with Crippen molar-refractivity contribution in [3.63, 3.8) is 0 Å². The highest BCUT2D eigenvalue weighted by Gasteiger charge is 2.40. The van der Waals surface area contributed by atoms with Gasteiger partial charge in [0.2, 0.25) is 5.91 Å². The number of carbonyl (C=O) groups is 1. The van der Waals surface area contributed by atoms with Crippen molar-refractivity contribution in [2.45, 2.75) is 50.6 Å². The molecule has 3 atom stereocenters. The van der Waals surface area contributed by atoms with Crippen molar-refractivity contribution >= 4 is 23.2 Å². The number of hydrogen-bond acceptors (Lipinski definition) is 2. The number of amides is 1. The van der Waals surface area contributed by atoms with Crippen LogP contribution in [0.2, 0.25) is 5.02 Å². The van der Waals surface area contributed by atoms with Crippen LogP contribution >= 0.6 is 11.6 Å². The first-order valence-corrected chi connectivity index (χ1v) is 10.0. The zero-order valence-electron chi connectivity index (χ0n) is 14.7. The highest BCUT2D eigenvalue weighted by molar-refractivity contribution is 6.30. The number of benzene rings is 2. The Balaban J connectivity index is 1.40. The Labute approximate surface area is 159 Å². The molecule has 0 spiro atoms. The normalized spacial score (nSPS) is 26.2. The van der Waals surface area contributed by atoms with Crippen LogP contribution in [0, 0.1) is 5.92 Å². The largest absolute Gasteiger partial charge is 0.326 e. The molecule has 5 rings (SSSR count). The summed E-state index contributed by atoms with van der Waals surface area (Å²) >= 11 is 6.09. The second kappa shape index (κ2) is 6.40. The molecular formula is C22H23ClN2O. The molecule has 0 saturated heterocycles. The Morgan fingerprint density at radius 3 is 2.85 bits per heavy atom. The summed E-state index contributed by atoms with van der Waals surface area (Å²) in [6.45, 7) is 0.804. The smallest absolute Gasteiger partial charge is 0.228 e. The van der Waals surface area contributed by atoms with E-state index in [2.05, 4.69) is 28.8 Å². The van der Waals surface area contributed by atoms with Gasteiger partial charge >= 0.3 is 0 Å². The van der Waals surface area contributed by atoms with E-state index < -0.39 is 0 Å². The van der Waals surface area contributed by atoms with Crippen LogP contribution in [0.4, 0.5) is 5.69 Å². The quantitative estimate of drug-likeness (QED) is 0.806. The molecule has 1 amide bonds. The Hall–Kier alpha value is -1.84. The van der Waals surface area contributed by atoms with Crippen molar-refractivity contribution in [2.24, 2.45) is 5.92 Å². The minimum absolute atomic E-state index is 0.193. The van der Waals surface area contributed by atoms with Crippen LogP contribution in [0.15, 0.2) is 36.4 Å². The van der Waals surface area contributed by atoms with Gasteiger partial charge in [0.25, 0.3) is 0 Å². The van der Waals surface area contributed by atoms with Gasteiger partial charge in [0, 0.05) is 29.2 Å². The van der Waals surface area contributed by atoms with E-state index in [1.165, 1.54) is 28.7 Å². The number of aryl methyl sites for hydroxylation is 1. The lowest BCUT2D eigenvalue weighted by atomic mass is 9.82. The molecule has 3 nitrogen and oxygen atoms in total. The number of nitrogens with one attached hydrogen (secondary N) is 2. The van der Waals surface area contributed by atoms with E-state index in [0.717, 1.165) is 42.9 Å². The molecule has 2 N–H and O–H groups in total. The van der Waals surface area contributed by atoms with Crippen LogP contribution in [0.25, 0.3) is 0 Å². The first-order chi connectivity index (χ1) is 12.7. The Kier molecular flexibility index (Phi) is 4.02. The maximum atomic E-state index is 12.4. The van der Waals surface area contributed by atoms with E-state index in [1.54, 1.807) is 0 Å². The van der Waals surface area contributed by atoms with Gasteiger partial charge in [-0.15, -0.1) is 0 Å². The van der Waals surface area contributed by atoms with Crippen LogP contribution in [-0.2, 0) is 17.8 Å². The van der Waals surface area contributed by atoms with Gasteiger partial charge in [0.05, 0.1) is 0 Å². The van der Waals surface area contributed by atoms with Gasteiger partial charge in [-0.1, -0.05) is 36.2 Å². The molecule has 2 aromatic rings. The van der Waals surface area contributed by atoms with Gasteiger partial charge in [-0.2, -0.15) is 0 Å². The molecule has 1 aliphatic heterocycles. The van der Waals surface area contributed by atoms with Crippen LogP contribution in [0.1, 0.15) is 59.9 Å². The van der Waals surface area contributed by atoms with E-state index >= 15 is 0 Å². The predicted octanol–water partition coefficient (Wildman–Crippen LogP) is 4.95. The van der Waals surface area contributed by atoms with E-state index in [9.17, 15) is 4.79 Å². The summed E-state index contributed by atoms with van der Waals surface area (Å²) in [6, 6.07) is 13.0. The zero-order chi connectivity index (χ0) is 17.7. The summed E-state index contributed by atoms with van der Waals surface area (Å²) in [7, 11) is 0. The topological polar surface area (TPSA) is 41.1 Å². The lowest BCUT2D eigenvalue weighted by Crippen LogP contribution is -2.30. The first kappa shape index (κ1) is 16.3. The molecule has 0 aromatic heterocycles. The lowest BCUT2D eigenvalue weighted by molar-refractivity contribution is -0.120. The molecule has 1 fully saturated rings. The molecule has 1 heterocycles. The maximum absolute atomic E-state index is 12.4. The minimum atomic E-state index is 0.193. The van der Waals surface area contributed by atoms with E-state index in [4.69, 9.17) is 11.6 Å². The second-order valence-electron chi connectivity index (χ2n) is 7.87. The van der Waals surface area contributed by atoms with Crippen molar-refractivity contribution in [2.75, 3.05) is 5.32 Å². The third-order valence-corrected chi connectivity index (χ3v) is 6.58. The highest BCUT2D eigenvalue weighted by Crippen LogP contribution is 2.48. The molecule has 3 unspecified atom stereocenters. The summed E-state index contributed by atoms with van der Waals surface area (Å²) in [6.07, 6.45) is 5.59. The van der Waals surface area contributed by atoms with Crippen molar-refractivity contribution in [3.8, 4) is 0 Å². The van der Waals surface area contributed by atoms with Gasteiger partial charge < -0.3 is 10.6 Å². The van der Waals surface area contributed by atoms with Gasteiger partial charge in [-0.05, 0) is 72.1 Å². The molecular weight excluding hydrogens is 344 g/mol. The fraction of sp³-hybridized carbons (Fsp3) is 0.409. The van der Waals surface area contributed by atoms with Gasteiger partial charge in [-0.3, -0.25) is 4.79 Å². The fourth-order valence-corrected chi connectivity index (χ4v) is 5.28. The number of rotatable bonds is 3. The number of anilines is 1. The SMILES string of the molecule is O=C1Nc2cc3c(cc2C2CCCC12)CCC3NCc1cccc(Cl)c1. The molecule has 1 saturated carbocycles. The summed E-state index contributed by atoms with van der Waals surface area (Å²) in [5.41, 5.74) is 6.43. The summed E-state index contributed by atoms with van der Waals surface area (Å²) in [4.78, 5) is 12.4. The highest BCUT2D eigenvalue weighted by atomic mass is 35.5. The average Bonchev–Trinajstić information content (AvgIpc) is 3.26. The van der Waals surface area contributed by atoms with Crippen molar-refractivity contribution in [1.29, 1.82) is 0 Å². The third kappa shape index (κ3) is 2.74. The first-order valence-electron chi connectivity index (χ1n) is 9.64. The van der Waals surface area contributed by atoms with Gasteiger partial charge in [0.1, 0.15) is 0 Å². The van der Waals surface area contributed by atoms with Crippen LogP contribution in [-0.4, -0.2) is 5.91 Å². The van der Waals surface area contributed by atoms with Gasteiger partial charge in [0.15, 0.2) is 0 Å². The Morgan fingerprint density at radius 2 is 1.96 bits per heavy atom. The third-order valence-electron chi connectivity index (χ3n) is 6.34. The Bertz CT molecular complexity index is 878. The summed E-state index contributed by atoms with van der Waals surface area (Å²) in [5.74, 6) is 0.850. The molecule has 0 bridgehead atoms. The van der Waals surface area contributed by atoms with E-state index in [1.807, 2.05) is 18.2 Å². The van der Waals surface area contributed by atoms with Gasteiger partial charge in [-0.25, -0.2) is 0 Å².